The standard InChI is InChI=1S/C16H19F9NO3S/c17-13(18,9-5-2-1-3-6-10-14(19,20)21)15(22,23)16(24,25)29-30(27,28)26-11-7-4-8-12-26/h4,7-8,11-12H,1-3,5-6,9-10H2/q+1. The molecule has 0 aliphatic carbocycles. The van der Waals surface area contributed by atoms with Crippen molar-refractivity contribution < 1.29 is 56.1 Å². The molecule has 0 aliphatic heterocycles. The summed E-state index contributed by atoms with van der Waals surface area (Å²) in [6.45, 7) is 0. The molecule has 1 rings (SSSR count). The molecule has 1 aromatic heterocycles. The lowest BCUT2D eigenvalue weighted by molar-refractivity contribution is -0.528. The van der Waals surface area contributed by atoms with Gasteiger partial charge in [-0.1, -0.05) is 29.3 Å². The molecule has 0 unspecified atom stereocenters. The molecule has 0 N–H and O–H groups in total. The Morgan fingerprint density at radius 2 is 1.17 bits per heavy atom. The van der Waals surface area contributed by atoms with Gasteiger partial charge in [-0.2, -0.15) is 39.5 Å². The summed E-state index contributed by atoms with van der Waals surface area (Å²) in [5, 5.41) is 0. The van der Waals surface area contributed by atoms with Gasteiger partial charge in [-0.25, -0.2) is 0 Å². The molecule has 0 amide bonds. The molecule has 1 heterocycles. The summed E-state index contributed by atoms with van der Waals surface area (Å²) < 4.78 is 145. The van der Waals surface area contributed by atoms with E-state index in [0.717, 1.165) is 12.1 Å². The van der Waals surface area contributed by atoms with Gasteiger partial charge in [0.15, 0.2) is 12.4 Å². The van der Waals surface area contributed by atoms with E-state index in [2.05, 4.69) is 4.18 Å². The van der Waals surface area contributed by atoms with Crippen molar-refractivity contribution in [2.75, 3.05) is 0 Å². The molecule has 14 heteroatoms. The topological polar surface area (TPSA) is 47.3 Å². The fourth-order valence-corrected chi connectivity index (χ4v) is 3.23. The SMILES string of the molecule is O=S(=O)(OC(F)(F)C(F)(F)C(F)(F)CCCCCCCC(F)(F)F)[n+]1ccccc1. The number of unbranched alkanes of at least 4 members (excludes halogenated alkanes) is 4. The number of hydrogen-bond donors (Lipinski definition) is 0. The highest BCUT2D eigenvalue weighted by Gasteiger charge is 2.74. The molecule has 0 bridgehead atoms. The molecule has 0 saturated carbocycles. The summed E-state index contributed by atoms with van der Waals surface area (Å²) >= 11 is 0. The summed E-state index contributed by atoms with van der Waals surface area (Å²) in [5.74, 6) is -11.5. The molecule has 0 atom stereocenters. The van der Waals surface area contributed by atoms with Crippen LogP contribution in [-0.2, 0) is 14.5 Å². The number of halogens is 9. The Labute approximate surface area is 166 Å². The zero-order chi connectivity index (χ0) is 23.3. The van der Waals surface area contributed by atoms with Crippen LogP contribution in [0.25, 0.3) is 0 Å². The van der Waals surface area contributed by atoms with Crippen LogP contribution < -0.4 is 3.97 Å². The van der Waals surface area contributed by atoms with E-state index in [9.17, 15) is 47.9 Å². The molecule has 0 saturated heterocycles. The van der Waals surface area contributed by atoms with E-state index < -0.39 is 53.7 Å². The quantitative estimate of drug-likeness (QED) is 0.236. The number of rotatable bonds is 12. The van der Waals surface area contributed by atoms with Crippen molar-refractivity contribution in [2.45, 2.75) is 69.1 Å². The Balaban J connectivity index is 2.68. The lowest BCUT2D eigenvalue weighted by Gasteiger charge is -2.30. The van der Waals surface area contributed by atoms with Gasteiger partial charge in [0.2, 0.25) is 0 Å². The number of alkyl halides is 9. The molecule has 4 nitrogen and oxygen atoms in total. The van der Waals surface area contributed by atoms with E-state index in [-0.39, 0.29) is 29.7 Å². The van der Waals surface area contributed by atoms with Crippen LogP contribution in [0.4, 0.5) is 39.5 Å². The maximum Gasteiger partial charge on any atom is 0.519 e. The van der Waals surface area contributed by atoms with Crippen LogP contribution in [-0.4, -0.2) is 32.5 Å². The minimum atomic E-state index is -6.17. The summed E-state index contributed by atoms with van der Waals surface area (Å²) in [4.78, 5) is 0. The third-order valence-electron chi connectivity index (χ3n) is 3.93. The highest BCUT2D eigenvalue weighted by atomic mass is 32.2. The second-order valence-electron chi connectivity index (χ2n) is 6.43. The zero-order valence-corrected chi connectivity index (χ0v) is 16.1. The fourth-order valence-electron chi connectivity index (χ4n) is 2.33. The van der Waals surface area contributed by atoms with Crippen LogP contribution in [0.5, 0.6) is 0 Å². The number of aromatic nitrogens is 1. The minimum Gasteiger partial charge on any atom is -0.200 e. The van der Waals surface area contributed by atoms with E-state index >= 15 is 0 Å². The Morgan fingerprint density at radius 1 is 0.700 bits per heavy atom. The third kappa shape index (κ3) is 7.29. The van der Waals surface area contributed by atoms with Crippen molar-refractivity contribution in [3.05, 3.63) is 30.6 Å². The second kappa shape index (κ2) is 9.71. The van der Waals surface area contributed by atoms with Crippen molar-refractivity contribution in [1.29, 1.82) is 0 Å². The molecule has 1 aromatic rings. The Kier molecular flexibility index (Phi) is 8.56. The van der Waals surface area contributed by atoms with Crippen molar-refractivity contribution in [1.82, 2.24) is 0 Å². The molecule has 0 fully saturated rings. The van der Waals surface area contributed by atoms with Gasteiger partial charge in [0, 0.05) is 25.0 Å². The lowest BCUT2D eigenvalue weighted by Crippen LogP contribution is -2.58. The molecular formula is C16H19F9NO3S+. The predicted molar refractivity (Wildman–Crippen MR) is 85.3 cm³/mol. The largest absolute Gasteiger partial charge is 0.519 e. The molecule has 0 radical (unpaired) electrons. The van der Waals surface area contributed by atoms with Gasteiger partial charge >= 0.3 is 34.4 Å². The van der Waals surface area contributed by atoms with Crippen LogP contribution in [0.3, 0.4) is 0 Å². The monoisotopic (exact) mass is 476 g/mol. The maximum atomic E-state index is 13.8. The third-order valence-corrected chi connectivity index (χ3v) is 5.11. The molecular weight excluding hydrogens is 457 g/mol. The summed E-state index contributed by atoms with van der Waals surface area (Å²) in [6, 6.07) is 3.36. The second-order valence-corrected chi connectivity index (χ2v) is 7.87. The van der Waals surface area contributed by atoms with Gasteiger partial charge in [-0.05, 0) is 12.8 Å². The van der Waals surface area contributed by atoms with E-state index in [1.54, 1.807) is 0 Å². The Bertz CT molecular complexity index is 768. The summed E-state index contributed by atoms with van der Waals surface area (Å²) in [6.07, 6.45) is -13.1. The first kappa shape index (κ1) is 26.5. The van der Waals surface area contributed by atoms with Crippen LogP contribution in [0.1, 0.15) is 44.9 Å². The average molecular weight is 476 g/mol. The molecule has 0 spiro atoms. The Hall–Kier alpha value is -1.57. The maximum absolute atomic E-state index is 13.8. The minimum absolute atomic E-state index is 0.00362. The van der Waals surface area contributed by atoms with Crippen molar-refractivity contribution in [2.24, 2.45) is 0 Å². The Morgan fingerprint density at radius 3 is 1.67 bits per heavy atom. The van der Waals surface area contributed by atoms with Gasteiger partial charge < -0.3 is 0 Å². The molecule has 174 valence electrons. The van der Waals surface area contributed by atoms with Crippen molar-refractivity contribution in [3.63, 3.8) is 0 Å². The van der Waals surface area contributed by atoms with Crippen LogP contribution in [0, 0.1) is 0 Å². The summed E-state index contributed by atoms with van der Waals surface area (Å²) in [7, 11) is -5.55. The first-order valence-corrected chi connectivity index (χ1v) is 10.0. The number of nitrogens with zero attached hydrogens (tertiary/aromatic N) is 1. The summed E-state index contributed by atoms with van der Waals surface area (Å²) in [5.41, 5.74) is 0. The van der Waals surface area contributed by atoms with Gasteiger partial charge in [-0.3, -0.25) is 0 Å². The van der Waals surface area contributed by atoms with Gasteiger partial charge in [0.1, 0.15) is 0 Å². The lowest BCUT2D eigenvalue weighted by atomic mass is 10.0. The highest BCUT2D eigenvalue weighted by molar-refractivity contribution is 7.80. The van der Waals surface area contributed by atoms with E-state index in [1.807, 2.05) is 0 Å². The highest BCUT2D eigenvalue weighted by Crippen LogP contribution is 2.49. The fraction of sp³-hybridized carbons (Fsp3) is 0.688. The average Bonchev–Trinajstić information content (AvgIpc) is 2.59. The first-order chi connectivity index (χ1) is 13.5. The molecule has 0 aliphatic rings. The van der Waals surface area contributed by atoms with Crippen LogP contribution in [0.2, 0.25) is 0 Å². The van der Waals surface area contributed by atoms with Crippen molar-refractivity contribution >= 4 is 10.3 Å². The van der Waals surface area contributed by atoms with Gasteiger partial charge in [-0.15, -0.1) is 12.6 Å². The normalized spacial score (nSPS) is 14.2. The van der Waals surface area contributed by atoms with Gasteiger partial charge in [0.05, 0.1) is 0 Å². The van der Waals surface area contributed by atoms with Crippen molar-refractivity contribution in [3.8, 4) is 0 Å². The van der Waals surface area contributed by atoms with E-state index in [4.69, 9.17) is 0 Å². The smallest absolute Gasteiger partial charge is 0.200 e. The number of hydrogen-bond acceptors (Lipinski definition) is 3. The van der Waals surface area contributed by atoms with E-state index in [0.29, 0.717) is 12.4 Å². The van der Waals surface area contributed by atoms with Gasteiger partial charge in [0.25, 0.3) is 0 Å². The number of pyridine rings is 1. The van der Waals surface area contributed by atoms with E-state index in [1.165, 1.54) is 6.07 Å². The molecule has 0 aromatic carbocycles. The molecule has 30 heavy (non-hydrogen) atoms. The van der Waals surface area contributed by atoms with Crippen LogP contribution in [0.15, 0.2) is 30.6 Å². The first-order valence-electron chi connectivity index (χ1n) is 8.64. The zero-order valence-electron chi connectivity index (χ0n) is 15.3. The van der Waals surface area contributed by atoms with Crippen LogP contribution >= 0.6 is 0 Å². The predicted octanol–water partition coefficient (Wildman–Crippen LogP) is 5.24.